The van der Waals surface area contributed by atoms with Crippen LogP contribution in [-0.4, -0.2) is 27.7 Å². The molecule has 20 heavy (non-hydrogen) atoms. The number of nitrogens with one attached hydrogen (secondary N) is 1. The van der Waals surface area contributed by atoms with Crippen LogP contribution in [0, 0.1) is 6.92 Å². The van der Waals surface area contributed by atoms with Crippen molar-refractivity contribution in [2.45, 2.75) is 38.3 Å². The Kier molecular flexibility index (Phi) is 6.60. The summed E-state index contributed by atoms with van der Waals surface area (Å²) in [6, 6.07) is 3.45. The minimum absolute atomic E-state index is 0.0778. The number of hydrogen-bond acceptors (Lipinski definition) is 4. The second kappa shape index (κ2) is 7.51. The highest BCUT2D eigenvalue weighted by Gasteiger charge is 2.19. The van der Waals surface area contributed by atoms with Crippen molar-refractivity contribution in [2.75, 3.05) is 13.2 Å². The second-order valence-corrected chi connectivity index (χ2v) is 7.27. The molecule has 0 aromatic heterocycles. The molecule has 0 radical (unpaired) electrons. The van der Waals surface area contributed by atoms with Gasteiger partial charge in [-0.15, -0.1) is 0 Å². The van der Waals surface area contributed by atoms with Crippen molar-refractivity contribution in [3.8, 4) is 0 Å². The molecule has 1 aromatic rings. The smallest absolute Gasteiger partial charge is 0.241 e. The van der Waals surface area contributed by atoms with Crippen LogP contribution in [0.4, 0.5) is 0 Å². The molecule has 0 aliphatic rings. The third-order valence-corrected chi connectivity index (χ3v) is 5.45. The Balaban J connectivity index is 2.89. The van der Waals surface area contributed by atoms with E-state index in [1.807, 2.05) is 26.8 Å². The Morgan fingerprint density at radius 3 is 2.60 bits per heavy atom. The molecule has 0 aliphatic carbocycles. The summed E-state index contributed by atoms with van der Waals surface area (Å²) in [6.07, 6.45) is 0.0778. The van der Waals surface area contributed by atoms with E-state index in [1.165, 1.54) is 0 Å². The zero-order valence-corrected chi connectivity index (χ0v) is 14.3. The maximum Gasteiger partial charge on any atom is 0.241 e. The Morgan fingerprint density at radius 1 is 1.40 bits per heavy atom. The number of rotatable bonds is 7. The van der Waals surface area contributed by atoms with Crippen LogP contribution in [0.1, 0.15) is 25.0 Å². The van der Waals surface area contributed by atoms with E-state index in [0.29, 0.717) is 17.6 Å². The third-order valence-electron chi connectivity index (χ3n) is 2.65. The van der Waals surface area contributed by atoms with Crippen molar-refractivity contribution in [3.05, 3.63) is 27.7 Å². The minimum Gasteiger partial charge on any atom is -0.377 e. The van der Waals surface area contributed by atoms with Crippen LogP contribution in [0.15, 0.2) is 21.5 Å². The lowest BCUT2D eigenvalue weighted by Crippen LogP contribution is -2.28. The predicted octanol–water partition coefficient (Wildman–Crippen LogP) is 1.92. The molecule has 0 atom stereocenters. The van der Waals surface area contributed by atoms with E-state index in [0.717, 1.165) is 11.1 Å². The van der Waals surface area contributed by atoms with E-state index >= 15 is 0 Å². The van der Waals surface area contributed by atoms with Crippen LogP contribution in [-0.2, 0) is 21.3 Å². The molecule has 1 rings (SSSR count). The van der Waals surface area contributed by atoms with Gasteiger partial charge in [-0.25, -0.2) is 13.1 Å². The predicted molar refractivity (Wildman–Crippen MR) is 83.0 cm³/mol. The Bertz CT molecular complexity index is 559. The first-order valence-electron chi connectivity index (χ1n) is 6.38. The molecular weight excluding hydrogens is 344 g/mol. The highest BCUT2D eigenvalue weighted by molar-refractivity contribution is 9.10. The van der Waals surface area contributed by atoms with Crippen LogP contribution >= 0.6 is 15.9 Å². The molecule has 114 valence electrons. The lowest BCUT2D eigenvalue weighted by molar-refractivity contribution is 0.0834. The monoisotopic (exact) mass is 364 g/mol. The molecule has 0 spiro atoms. The van der Waals surface area contributed by atoms with Crippen molar-refractivity contribution in [2.24, 2.45) is 5.73 Å². The number of nitrogens with two attached hydrogens (primary N) is 1. The lowest BCUT2D eigenvalue weighted by Gasteiger charge is -2.13. The van der Waals surface area contributed by atoms with Gasteiger partial charge in [0.25, 0.3) is 0 Å². The lowest BCUT2D eigenvalue weighted by atomic mass is 10.1. The average Bonchev–Trinajstić information content (AvgIpc) is 2.37. The SMILES string of the molecule is Cc1cc(CN)cc(S(=O)(=O)NCCOC(C)C)c1Br. The van der Waals surface area contributed by atoms with E-state index in [4.69, 9.17) is 10.5 Å². The Hall–Kier alpha value is -0.470. The van der Waals surface area contributed by atoms with Gasteiger partial charge < -0.3 is 10.5 Å². The van der Waals surface area contributed by atoms with Gasteiger partial charge in [-0.05, 0) is 53.9 Å². The van der Waals surface area contributed by atoms with E-state index in [9.17, 15) is 8.42 Å². The molecule has 0 heterocycles. The van der Waals surface area contributed by atoms with Gasteiger partial charge in [0, 0.05) is 17.6 Å². The summed E-state index contributed by atoms with van der Waals surface area (Å²) in [5, 5.41) is 0. The summed E-state index contributed by atoms with van der Waals surface area (Å²) in [4.78, 5) is 0.211. The first-order valence-corrected chi connectivity index (χ1v) is 8.66. The first-order chi connectivity index (χ1) is 9.27. The number of sulfonamides is 1. The van der Waals surface area contributed by atoms with Gasteiger partial charge in [0.05, 0.1) is 17.6 Å². The Labute approximate surface area is 129 Å². The zero-order chi connectivity index (χ0) is 15.3. The van der Waals surface area contributed by atoms with Crippen molar-refractivity contribution < 1.29 is 13.2 Å². The topological polar surface area (TPSA) is 81.4 Å². The molecular formula is C13H21BrN2O3S. The highest BCUT2D eigenvalue weighted by atomic mass is 79.9. The van der Waals surface area contributed by atoms with Gasteiger partial charge in [0.1, 0.15) is 0 Å². The molecule has 0 saturated carbocycles. The maximum atomic E-state index is 12.3. The summed E-state index contributed by atoms with van der Waals surface area (Å²) in [6.45, 7) is 6.51. The van der Waals surface area contributed by atoms with Crippen molar-refractivity contribution in [3.63, 3.8) is 0 Å². The number of benzene rings is 1. The van der Waals surface area contributed by atoms with Gasteiger partial charge in [0.15, 0.2) is 0 Å². The normalized spacial score (nSPS) is 12.1. The number of halogens is 1. The molecule has 0 unspecified atom stereocenters. The van der Waals surface area contributed by atoms with Crippen LogP contribution in [0.5, 0.6) is 0 Å². The largest absolute Gasteiger partial charge is 0.377 e. The van der Waals surface area contributed by atoms with Gasteiger partial charge in [-0.2, -0.15) is 0 Å². The first kappa shape index (κ1) is 17.6. The molecule has 0 saturated heterocycles. The van der Waals surface area contributed by atoms with E-state index in [2.05, 4.69) is 20.7 Å². The van der Waals surface area contributed by atoms with E-state index in [1.54, 1.807) is 6.07 Å². The van der Waals surface area contributed by atoms with Crippen LogP contribution in [0.2, 0.25) is 0 Å². The number of hydrogen-bond donors (Lipinski definition) is 2. The summed E-state index contributed by atoms with van der Waals surface area (Å²) in [7, 11) is -3.58. The van der Waals surface area contributed by atoms with Crippen LogP contribution in [0.25, 0.3) is 0 Å². The average molecular weight is 365 g/mol. The fourth-order valence-corrected chi connectivity index (χ4v) is 3.75. The molecule has 3 N–H and O–H groups in total. The Morgan fingerprint density at radius 2 is 2.05 bits per heavy atom. The van der Waals surface area contributed by atoms with Crippen LogP contribution in [0.3, 0.4) is 0 Å². The van der Waals surface area contributed by atoms with Crippen molar-refractivity contribution in [1.82, 2.24) is 4.72 Å². The van der Waals surface area contributed by atoms with E-state index < -0.39 is 10.0 Å². The third kappa shape index (κ3) is 4.82. The van der Waals surface area contributed by atoms with Gasteiger partial charge in [0.2, 0.25) is 10.0 Å². The summed E-state index contributed by atoms with van der Waals surface area (Å²) >= 11 is 3.32. The van der Waals surface area contributed by atoms with Crippen molar-refractivity contribution in [1.29, 1.82) is 0 Å². The van der Waals surface area contributed by atoms with Gasteiger partial charge in [-0.1, -0.05) is 6.07 Å². The molecule has 0 fully saturated rings. The highest BCUT2D eigenvalue weighted by Crippen LogP contribution is 2.27. The molecule has 0 amide bonds. The quantitative estimate of drug-likeness (QED) is 0.724. The molecule has 1 aromatic carbocycles. The standard InChI is InChI=1S/C13H21BrN2O3S/c1-9(2)19-5-4-16-20(17,18)12-7-11(8-15)6-10(3)13(12)14/h6-7,9,16H,4-5,8,15H2,1-3H3. The number of ether oxygens (including phenoxy) is 1. The molecule has 0 aliphatic heterocycles. The van der Waals surface area contributed by atoms with Crippen molar-refractivity contribution >= 4 is 26.0 Å². The minimum atomic E-state index is -3.58. The summed E-state index contributed by atoms with van der Waals surface area (Å²) < 4.78 is 33.0. The maximum absolute atomic E-state index is 12.3. The molecule has 5 nitrogen and oxygen atoms in total. The number of aryl methyl sites for hydroxylation is 1. The molecule has 7 heteroatoms. The fourth-order valence-electron chi connectivity index (χ4n) is 1.67. The fraction of sp³-hybridized carbons (Fsp3) is 0.538. The summed E-state index contributed by atoms with van der Waals surface area (Å²) in [5.74, 6) is 0. The van der Waals surface area contributed by atoms with Crippen LogP contribution < -0.4 is 10.5 Å². The zero-order valence-electron chi connectivity index (χ0n) is 11.9. The molecule has 0 bridgehead atoms. The summed E-state index contributed by atoms with van der Waals surface area (Å²) in [5.41, 5.74) is 7.21. The van der Waals surface area contributed by atoms with Gasteiger partial charge in [-0.3, -0.25) is 0 Å². The second-order valence-electron chi connectivity index (χ2n) is 4.75. The van der Waals surface area contributed by atoms with Gasteiger partial charge >= 0.3 is 0 Å². The van der Waals surface area contributed by atoms with E-state index in [-0.39, 0.29) is 17.5 Å².